The largest absolute Gasteiger partial charge is 0.464 e. The molecule has 0 aromatic carbocycles. The fourth-order valence-electron chi connectivity index (χ4n) is 1.40. The molecule has 1 aliphatic heterocycles. The number of methoxy groups -OCH3 is 1. The SMILES string of the molecule is COC(=O)C(=N)/C=C\C(=O)NC1CCCCO1. The van der Waals surface area contributed by atoms with Gasteiger partial charge in [0.1, 0.15) is 11.9 Å². The molecule has 1 atom stereocenters. The number of hydrogen-bond acceptors (Lipinski definition) is 5. The van der Waals surface area contributed by atoms with Gasteiger partial charge in [0.05, 0.1) is 7.11 Å². The van der Waals surface area contributed by atoms with Gasteiger partial charge in [-0.05, 0) is 25.3 Å². The van der Waals surface area contributed by atoms with Crippen molar-refractivity contribution in [3.05, 3.63) is 12.2 Å². The lowest BCUT2D eigenvalue weighted by molar-refractivity contribution is -0.132. The van der Waals surface area contributed by atoms with E-state index >= 15 is 0 Å². The molecule has 0 aromatic rings. The second-order valence-electron chi connectivity index (χ2n) is 3.60. The summed E-state index contributed by atoms with van der Waals surface area (Å²) in [7, 11) is 1.18. The maximum absolute atomic E-state index is 11.4. The molecule has 94 valence electrons. The van der Waals surface area contributed by atoms with Gasteiger partial charge in [-0.2, -0.15) is 0 Å². The highest BCUT2D eigenvalue weighted by molar-refractivity contribution is 6.40. The van der Waals surface area contributed by atoms with Crippen LogP contribution in [-0.4, -0.2) is 37.5 Å². The van der Waals surface area contributed by atoms with Crippen molar-refractivity contribution in [2.45, 2.75) is 25.5 Å². The molecule has 1 unspecified atom stereocenters. The number of hydrogen-bond donors (Lipinski definition) is 2. The van der Waals surface area contributed by atoms with Gasteiger partial charge >= 0.3 is 5.97 Å². The average Bonchev–Trinajstić information content (AvgIpc) is 2.36. The maximum atomic E-state index is 11.4. The van der Waals surface area contributed by atoms with Crippen molar-refractivity contribution in [3.8, 4) is 0 Å². The van der Waals surface area contributed by atoms with Gasteiger partial charge in [0, 0.05) is 12.7 Å². The molecule has 0 bridgehead atoms. The van der Waals surface area contributed by atoms with Crippen LogP contribution in [0.2, 0.25) is 0 Å². The van der Waals surface area contributed by atoms with Crippen molar-refractivity contribution >= 4 is 17.6 Å². The van der Waals surface area contributed by atoms with Crippen LogP contribution in [0.3, 0.4) is 0 Å². The lowest BCUT2D eigenvalue weighted by Crippen LogP contribution is -2.38. The highest BCUT2D eigenvalue weighted by atomic mass is 16.5. The average molecular weight is 240 g/mol. The monoisotopic (exact) mass is 240 g/mol. The molecule has 0 radical (unpaired) electrons. The van der Waals surface area contributed by atoms with E-state index in [1.54, 1.807) is 0 Å². The number of amides is 1. The first kappa shape index (κ1) is 13.4. The van der Waals surface area contributed by atoms with Crippen LogP contribution in [-0.2, 0) is 19.1 Å². The Hall–Kier alpha value is -1.69. The minimum Gasteiger partial charge on any atom is -0.464 e. The highest BCUT2D eigenvalue weighted by Crippen LogP contribution is 2.09. The molecule has 1 aliphatic rings. The number of carbonyl (C=O) groups excluding carboxylic acids is 2. The van der Waals surface area contributed by atoms with E-state index in [0.29, 0.717) is 6.61 Å². The van der Waals surface area contributed by atoms with Crippen molar-refractivity contribution in [1.82, 2.24) is 5.32 Å². The van der Waals surface area contributed by atoms with Gasteiger partial charge in [-0.3, -0.25) is 10.2 Å². The fourth-order valence-corrected chi connectivity index (χ4v) is 1.40. The molecule has 0 aliphatic carbocycles. The predicted molar refractivity (Wildman–Crippen MR) is 60.6 cm³/mol. The van der Waals surface area contributed by atoms with Crippen LogP contribution in [0, 0.1) is 5.41 Å². The Morgan fingerprint density at radius 1 is 1.41 bits per heavy atom. The summed E-state index contributed by atoms with van der Waals surface area (Å²) in [6.07, 6.45) is 4.77. The van der Waals surface area contributed by atoms with E-state index in [2.05, 4.69) is 10.1 Å². The second-order valence-corrected chi connectivity index (χ2v) is 3.60. The first-order valence-electron chi connectivity index (χ1n) is 5.40. The smallest absolute Gasteiger partial charge is 0.355 e. The third-order valence-electron chi connectivity index (χ3n) is 2.29. The van der Waals surface area contributed by atoms with Crippen LogP contribution in [0.25, 0.3) is 0 Å². The van der Waals surface area contributed by atoms with Crippen molar-refractivity contribution in [1.29, 1.82) is 5.41 Å². The zero-order chi connectivity index (χ0) is 12.7. The Morgan fingerprint density at radius 2 is 2.18 bits per heavy atom. The van der Waals surface area contributed by atoms with Crippen molar-refractivity contribution in [3.63, 3.8) is 0 Å². The molecule has 1 fully saturated rings. The molecule has 0 spiro atoms. The standard InChI is InChI=1S/C11H16N2O4/c1-16-11(15)8(12)5-6-9(14)13-10-4-2-3-7-17-10/h5-6,10,12H,2-4,7H2,1H3,(H,13,14)/b6-5-,12-8?. The number of ether oxygens (including phenoxy) is 2. The van der Waals surface area contributed by atoms with E-state index < -0.39 is 5.97 Å². The Balaban J connectivity index is 2.35. The molecule has 1 amide bonds. The van der Waals surface area contributed by atoms with Gasteiger partial charge in [0.15, 0.2) is 0 Å². The molecule has 6 nitrogen and oxygen atoms in total. The molecule has 17 heavy (non-hydrogen) atoms. The minimum absolute atomic E-state index is 0.270. The summed E-state index contributed by atoms with van der Waals surface area (Å²) >= 11 is 0. The van der Waals surface area contributed by atoms with E-state index in [4.69, 9.17) is 10.1 Å². The molecular weight excluding hydrogens is 224 g/mol. The van der Waals surface area contributed by atoms with Crippen molar-refractivity contribution < 1.29 is 19.1 Å². The van der Waals surface area contributed by atoms with Crippen LogP contribution in [0.4, 0.5) is 0 Å². The van der Waals surface area contributed by atoms with Crippen LogP contribution in [0.1, 0.15) is 19.3 Å². The highest BCUT2D eigenvalue weighted by Gasteiger charge is 2.14. The summed E-state index contributed by atoms with van der Waals surface area (Å²) in [6, 6.07) is 0. The summed E-state index contributed by atoms with van der Waals surface area (Å²) in [6.45, 7) is 0.645. The zero-order valence-electron chi connectivity index (χ0n) is 9.69. The third-order valence-corrected chi connectivity index (χ3v) is 2.29. The van der Waals surface area contributed by atoms with Crippen LogP contribution in [0.5, 0.6) is 0 Å². The van der Waals surface area contributed by atoms with Crippen molar-refractivity contribution in [2.24, 2.45) is 0 Å². The molecule has 1 heterocycles. The quantitative estimate of drug-likeness (QED) is 0.422. The number of carbonyl (C=O) groups is 2. The number of esters is 1. The lowest BCUT2D eigenvalue weighted by atomic mass is 10.2. The first-order chi connectivity index (χ1) is 8.13. The second kappa shape index (κ2) is 6.80. The third kappa shape index (κ3) is 4.78. The molecule has 2 N–H and O–H groups in total. The van der Waals surface area contributed by atoms with E-state index in [-0.39, 0.29) is 17.8 Å². The lowest BCUT2D eigenvalue weighted by Gasteiger charge is -2.22. The fraction of sp³-hybridized carbons (Fsp3) is 0.545. The Bertz CT molecular complexity index is 332. The predicted octanol–water partition coefficient (Wildman–Crippen LogP) is 0.378. The van der Waals surface area contributed by atoms with Crippen molar-refractivity contribution in [2.75, 3.05) is 13.7 Å². The molecule has 0 aromatic heterocycles. The van der Waals surface area contributed by atoms with Gasteiger partial charge in [-0.15, -0.1) is 0 Å². The Labute approximate surface area is 99.5 Å². The van der Waals surface area contributed by atoms with Gasteiger partial charge in [-0.25, -0.2) is 4.79 Å². The van der Waals surface area contributed by atoms with Crippen LogP contribution >= 0.6 is 0 Å². The molecule has 6 heteroatoms. The summed E-state index contributed by atoms with van der Waals surface area (Å²) < 4.78 is 9.64. The topological polar surface area (TPSA) is 88.5 Å². The van der Waals surface area contributed by atoms with Gasteiger partial charge < -0.3 is 14.8 Å². The van der Waals surface area contributed by atoms with Gasteiger partial charge in [-0.1, -0.05) is 0 Å². The van der Waals surface area contributed by atoms with Gasteiger partial charge in [0.25, 0.3) is 0 Å². The van der Waals surface area contributed by atoms with E-state index in [9.17, 15) is 9.59 Å². The normalized spacial score (nSPS) is 19.9. The summed E-state index contributed by atoms with van der Waals surface area (Å²) in [5.74, 6) is -1.16. The molecule has 1 saturated heterocycles. The summed E-state index contributed by atoms with van der Waals surface area (Å²) in [4.78, 5) is 22.3. The zero-order valence-corrected chi connectivity index (χ0v) is 9.69. The first-order valence-corrected chi connectivity index (χ1v) is 5.40. The Morgan fingerprint density at radius 3 is 2.76 bits per heavy atom. The summed E-state index contributed by atoms with van der Waals surface area (Å²) in [5, 5.41) is 9.87. The molecule has 1 rings (SSSR count). The van der Waals surface area contributed by atoms with Crippen LogP contribution in [0.15, 0.2) is 12.2 Å². The molecule has 0 saturated carbocycles. The molecular formula is C11H16N2O4. The van der Waals surface area contributed by atoms with E-state index in [0.717, 1.165) is 31.4 Å². The van der Waals surface area contributed by atoms with Gasteiger partial charge in [0.2, 0.25) is 5.91 Å². The minimum atomic E-state index is -0.775. The van der Waals surface area contributed by atoms with E-state index in [1.807, 2.05) is 0 Å². The van der Waals surface area contributed by atoms with Crippen LogP contribution < -0.4 is 5.32 Å². The number of nitrogens with one attached hydrogen (secondary N) is 2. The maximum Gasteiger partial charge on any atom is 0.355 e. The Kier molecular flexibility index (Phi) is 5.35. The summed E-state index contributed by atoms with van der Waals surface area (Å²) in [5.41, 5.74) is -0.368. The van der Waals surface area contributed by atoms with E-state index in [1.165, 1.54) is 7.11 Å². The number of rotatable bonds is 4.